The van der Waals surface area contributed by atoms with Crippen LogP contribution in [0, 0.1) is 0 Å². The molecule has 30 heavy (non-hydrogen) atoms. The fourth-order valence-corrected chi connectivity index (χ4v) is 2.82. The lowest BCUT2D eigenvalue weighted by Gasteiger charge is -2.19. The third-order valence-electron chi connectivity index (χ3n) is 4.34. The predicted molar refractivity (Wildman–Crippen MR) is 107 cm³/mol. The monoisotopic (exact) mass is 445 g/mol. The molecule has 0 aliphatic carbocycles. The highest BCUT2D eigenvalue weighted by atomic mass is 35.5. The lowest BCUT2D eigenvalue weighted by molar-refractivity contribution is -0.146. The normalized spacial score (nSPS) is 14.0. The van der Waals surface area contributed by atoms with E-state index in [-0.39, 0.29) is 16.4 Å². The third-order valence-corrected chi connectivity index (χ3v) is 4.82. The van der Waals surface area contributed by atoms with Crippen molar-refractivity contribution in [1.82, 2.24) is 9.78 Å². The molecule has 0 spiro atoms. The second kappa shape index (κ2) is 8.65. The van der Waals surface area contributed by atoms with E-state index >= 15 is 0 Å². The standard InChI is InChI=1S/C19H23ClF3N5O2/c1-18(2,3)11-7-5-10(6-8-11)16(25)27-30-17(29)13(24)9-12-14(19(21,22)23)26-28(4)15(12)20/h5-8,13H,9,24H2,1-4H3,(H2,25,27)/t13-/m0/s1. The fraction of sp³-hybridized carbons (Fsp3) is 0.421. The Balaban J connectivity index is 2.10. The molecule has 0 aliphatic rings. The molecular weight excluding hydrogens is 423 g/mol. The number of halogens is 4. The smallest absolute Gasteiger partial charge is 0.380 e. The Bertz CT molecular complexity index is 947. The van der Waals surface area contributed by atoms with Gasteiger partial charge in [-0.3, -0.25) is 4.68 Å². The van der Waals surface area contributed by atoms with Gasteiger partial charge in [-0.15, -0.1) is 0 Å². The summed E-state index contributed by atoms with van der Waals surface area (Å²) in [7, 11) is 1.25. The van der Waals surface area contributed by atoms with E-state index in [0.29, 0.717) is 5.56 Å². The van der Waals surface area contributed by atoms with Crippen molar-refractivity contribution in [1.29, 1.82) is 0 Å². The lowest BCUT2D eigenvalue weighted by atomic mass is 9.87. The second-order valence-electron chi connectivity index (χ2n) is 7.76. The quantitative estimate of drug-likeness (QED) is 0.318. The molecule has 1 heterocycles. The van der Waals surface area contributed by atoms with Crippen molar-refractivity contribution >= 4 is 23.4 Å². The molecule has 0 unspecified atom stereocenters. The summed E-state index contributed by atoms with van der Waals surface area (Å²) in [5.74, 6) is -1.14. The zero-order valence-electron chi connectivity index (χ0n) is 16.9. The van der Waals surface area contributed by atoms with E-state index in [0.717, 1.165) is 10.2 Å². The van der Waals surface area contributed by atoms with Gasteiger partial charge in [0.05, 0.1) is 0 Å². The molecule has 1 aromatic carbocycles. The van der Waals surface area contributed by atoms with Crippen molar-refractivity contribution in [3.8, 4) is 0 Å². The van der Waals surface area contributed by atoms with Gasteiger partial charge in [-0.05, 0) is 11.0 Å². The van der Waals surface area contributed by atoms with Gasteiger partial charge in [0, 0.05) is 24.6 Å². The van der Waals surface area contributed by atoms with E-state index in [1.54, 1.807) is 12.1 Å². The van der Waals surface area contributed by atoms with Crippen molar-refractivity contribution in [3.05, 3.63) is 51.8 Å². The summed E-state index contributed by atoms with van der Waals surface area (Å²) >= 11 is 5.87. The minimum absolute atomic E-state index is 0.0491. The number of carbonyl (C=O) groups is 1. The Labute approximate surface area is 176 Å². The maximum absolute atomic E-state index is 13.1. The number of hydrogen-bond donors (Lipinski definition) is 2. The first-order valence-electron chi connectivity index (χ1n) is 8.91. The van der Waals surface area contributed by atoms with Crippen molar-refractivity contribution in [2.75, 3.05) is 0 Å². The van der Waals surface area contributed by atoms with Gasteiger partial charge in [0.2, 0.25) is 0 Å². The van der Waals surface area contributed by atoms with Crippen molar-refractivity contribution < 1.29 is 22.8 Å². The maximum Gasteiger partial charge on any atom is 0.435 e. The highest BCUT2D eigenvalue weighted by molar-refractivity contribution is 6.30. The summed E-state index contributed by atoms with van der Waals surface area (Å²) in [5.41, 5.74) is 11.4. The average molecular weight is 446 g/mol. The van der Waals surface area contributed by atoms with E-state index in [9.17, 15) is 18.0 Å². The Morgan fingerprint density at radius 2 is 1.83 bits per heavy atom. The minimum Gasteiger partial charge on any atom is -0.380 e. The largest absolute Gasteiger partial charge is 0.435 e. The van der Waals surface area contributed by atoms with Crippen LogP contribution in [-0.2, 0) is 34.7 Å². The third kappa shape index (κ3) is 5.51. The molecule has 7 nitrogen and oxygen atoms in total. The number of nitrogens with two attached hydrogens (primary N) is 2. The minimum atomic E-state index is -4.74. The lowest BCUT2D eigenvalue weighted by Crippen LogP contribution is -2.34. The number of aryl methyl sites for hydroxylation is 1. The number of oxime groups is 1. The number of amidine groups is 1. The molecule has 0 radical (unpaired) electrons. The molecule has 0 saturated carbocycles. The molecule has 1 atom stereocenters. The molecule has 2 rings (SSSR count). The van der Waals surface area contributed by atoms with E-state index in [1.165, 1.54) is 7.05 Å². The van der Waals surface area contributed by atoms with Crippen molar-refractivity contribution in [2.45, 2.75) is 44.8 Å². The van der Waals surface area contributed by atoms with Crippen LogP contribution in [0.1, 0.15) is 43.2 Å². The number of carbonyl (C=O) groups excluding carboxylic acids is 1. The van der Waals surface area contributed by atoms with Gasteiger partial charge in [0.1, 0.15) is 11.2 Å². The maximum atomic E-state index is 13.1. The topological polar surface area (TPSA) is 109 Å². The molecule has 11 heteroatoms. The molecule has 0 amide bonds. The van der Waals surface area contributed by atoms with Crippen molar-refractivity contribution in [3.63, 3.8) is 0 Å². The van der Waals surface area contributed by atoms with E-state index in [4.69, 9.17) is 27.9 Å². The summed E-state index contributed by atoms with van der Waals surface area (Å²) in [6.07, 6.45) is -5.28. The molecule has 1 aromatic heterocycles. The Hall–Kier alpha value is -2.59. The Kier molecular flexibility index (Phi) is 6.83. The molecule has 0 aliphatic heterocycles. The van der Waals surface area contributed by atoms with Crippen LogP contribution in [0.3, 0.4) is 0 Å². The summed E-state index contributed by atoms with van der Waals surface area (Å²) in [5, 5.41) is 6.60. The summed E-state index contributed by atoms with van der Waals surface area (Å²) in [6, 6.07) is 5.73. The Morgan fingerprint density at radius 3 is 2.33 bits per heavy atom. The van der Waals surface area contributed by atoms with Gasteiger partial charge in [-0.2, -0.15) is 18.3 Å². The number of rotatable bonds is 5. The number of benzene rings is 1. The van der Waals surface area contributed by atoms with Gasteiger partial charge in [-0.25, -0.2) is 4.79 Å². The van der Waals surface area contributed by atoms with Crippen LogP contribution in [0.25, 0.3) is 0 Å². The van der Waals surface area contributed by atoms with E-state index < -0.39 is 35.9 Å². The van der Waals surface area contributed by atoms with Crippen LogP contribution in [0.5, 0.6) is 0 Å². The van der Waals surface area contributed by atoms with Gasteiger partial charge >= 0.3 is 12.1 Å². The first-order chi connectivity index (χ1) is 13.7. The van der Waals surface area contributed by atoms with Crippen LogP contribution in [-0.4, -0.2) is 27.6 Å². The first-order valence-corrected chi connectivity index (χ1v) is 9.29. The molecule has 4 N–H and O–H groups in total. The molecule has 164 valence electrons. The molecular formula is C19H23ClF3N5O2. The summed E-state index contributed by atoms with van der Waals surface area (Å²) in [6.45, 7) is 6.17. The van der Waals surface area contributed by atoms with Crippen LogP contribution >= 0.6 is 11.6 Å². The highest BCUT2D eigenvalue weighted by Gasteiger charge is 2.39. The number of aromatic nitrogens is 2. The van der Waals surface area contributed by atoms with Crippen LogP contribution in [0.2, 0.25) is 5.15 Å². The molecule has 0 fully saturated rings. The van der Waals surface area contributed by atoms with Gasteiger partial charge in [0.25, 0.3) is 0 Å². The zero-order valence-corrected chi connectivity index (χ0v) is 17.7. The zero-order chi connectivity index (χ0) is 22.9. The SMILES string of the molecule is Cn1nc(C(F)(F)F)c(C[C@H](N)C(=O)O/N=C(\N)c2ccc(C(C)(C)C)cc2)c1Cl. The molecule has 0 saturated heterocycles. The first kappa shape index (κ1) is 23.7. The summed E-state index contributed by atoms with van der Waals surface area (Å²) < 4.78 is 40.2. The van der Waals surface area contributed by atoms with Crippen LogP contribution in [0.4, 0.5) is 13.2 Å². The van der Waals surface area contributed by atoms with Gasteiger partial charge in [0.15, 0.2) is 11.5 Å². The molecule has 0 bridgehead atoms. The van der Waals surface area contributed by atoms with Gasteiger partial charge in [-0.1, -0.05) is 61.8 Å². The fourth-order valence-electron chi connectivity index (χ4n) is 2.61. The van der Waals surface area contributed by atoms with E-state index in [2.05, 4.69) is 31.0 Å². The predicted octanol–water partition coefficient (Wildman–Crippen LogP) is 3.12. The van der Waals surface area contributed by atoms with Crippen LogP contribution in [0.15, 0.2) is 29.4 Å². The highest BCUT2D eigenvalue weighted by Crippen LogP contribution is 2.34. The number of hydrogen-bond acceptors (Lipinski definition) is 5. The van der Waals surface area contributed by atoms with Gasteiger partial charge < -0.3 is 16.3 Å². The molecule has 2 aromatic rings. The van der Waals surface area contributed by atoms with Crippen molar-refractivity contribution in [2.24, 2.45) is 23.7 Å². The second-order valence-corrected chi connectivity index (χ2v) is 8.12. The van der Waals surface area contributed by atoms with Crippen LogP contribution < -0.4 is 11.5 Å². The van der Waals surface area contributed by atoms with E-state index in [1.807, 2.05) is 12.1 Å². The Morgan fingerprint density at radius 1 is 1.27 bits per heavy atom. The average Bonchev–Trinajstić information content (AvgIpc) is 2.93. The summed E-state index contributed by atoms with van der Waals surface area (Å²) in [4.78, 5) is 16.8. The number of nitrogens with zero attached hydrogens (tertiary/aromatic N) is 3. The number of alkyl halides is 3.